The average molecular weight is 347 g/mol. The molecular weight excluding hydrogens is 332 g/mol. The van der Waals surface area contributed by atoms with Crippen LogP contribution in [0.2, 0.25) is 5.02 Å². The van der Waals surface area contributed by atoms with Crippen molar-refractivity contribution in [1.82, 2.24) is 4.31 Å². The van der Waals surface area contributed by atoms with Crippen LogP contribution in [0.3, 0.4) is 0 Å². The first-order valence-electron chi connectivity index (χ1n) is 6.40. The number of amides is 2. The SMILES string of the molecule is COc1ccc(NC(=O)C2CCC(=O)N2S(C)(=O)=O)cc1Cl. The van der Waals surface area contributed by atoms with Crippen molar-refractivity contribution >= 4 is 39.1 Å². The maximum Gasteiger partial charge on any atom is 0.248 e. The highest BCUT2D eigenvalue weighted by atomic mass is 35.5. The largest absolute Gasteiger partial charge is 0.495 e. The Morgan fingerprint density at radius 2 is 2.14 bits per heavy atom. The molecule has 1 fully saturated rings. The zero-order valence-electron chi connectivity index (χ0n) is 12.0. The van der Waals surface area contributed by atoms with Gasteiger partial charge in [-0.1, -0.05) is 11.6 Å². The Bertz CT molecular complexity index is 719. The number of rotatable bonds is 4. The molecule has 1 aromatic rings. The van der Waals surface area contributed by atoms with E-state index in [4.69, 9.17) is 16.3 Å². The third kappa shape index (κ3) is 3.33. The maximum absolute atomic E-state index is 12.2. The summed E-state index contributed by atoms with van der Waals surface area (Å²) in [6.07, 6.45) is 1.08. The lowest BCUT2D eigenvalue weighted by Crippen LogP contribution is -2.44. The molecule has 120 valence electrons. The number of carbonyl (C=O) groups is 2. The molecule has 1 heterocycles. The van der Waals surface area contributed by atoms with Gasteiger partial charge in [0.2, 0.25) is 21.8 Å². The van der Waals surface area contributed by atoms with Gasteiger partial charge in [0.1, 0.15) is 11.8 Å². The highest BCUT2D eigenvalue weighted by Crippen LogP contribution is 2.28. The minimum atomic E-state index is -3.78. The van der Waals surface area contributed by atoms with E-state index >= 15 is 0 Å². The molecule has 1 aliphatic rings. The van der Waals surface area contributed by atoms with E-state index in [0.29, 0.717) is 20.8 Å². The van der Waals surface area contributed by atoms with Crippen molar-refractivity contribution in [3.63, 3.8) is 0 Å². The van der Waals surface area contributed by atoms with E-state index in [2.05, 4.69) is 5.32 Å². The minimum Gasteiger partial charge on any atom is -0.495 e. The lowest BCUT2D eigenvalue weighted by Gasteiger charge is -2.21. The Kier molecular flexibility index (Phi) is 4.62. The zero-order chi connectivity index (χ0) is 16.5. The first kappa shape index (κ1) is 16.6. The Morgan fingerprint density at radius 1 is 1.45 bits per heavy atom. The molecule has 1 atom stereocenters. The molecule has 2 rings (SSSR count). The molecule has 1 unspecified atom stereocenters. The Hall–Kier alpha value is -1.80. The van der Waals surface area contributed by atoms with Gasteiger partial charge < -0.3 is 10.1 Å². The van der Waals surface area contributed by atoms with Crippen LogP contribution in [0.5, 0.6) is 5.75 Å². The van der Waals surface area contributed by atoms with Crippen LogP contribution in [0.15, 0.2) is 18.2 Å². The van der Waals surface area contributed by atoms with Crippen LogP contribution < -0.4 is 10.1 Å². The predicted molar refractivity (Wildman–Crippen MR) is 81.3 cm³/mol. The van der Waals surface area contributed by atoms with Crippen molar-refractivity contribution in [1.29, 1.82) is 0 Å². The summed E-state index contributed by atoms with van der Waals surface area (Å²) in [5.74, 6) is -0.693. The van der Waals surface area contributed by atoms with Gasteiger partial charge in [0.25, 0.3) is 0 Å². The van der Waals surface area contributed by atoms with Crippen LogP contribution in [-0.2, 0) is 19.6 Å². The Balaban J connectivity index is 2.18. The number of sulfonamides is 1. The van der Waals surface area contributed by atoms with E-state index in [1.165, 1.54) is 13.2 Å². The molecule has 0 spiro atoms. The molecule has 1 N–H and O–H groups in total. The Morgan fingerprint density at radius 3 is 2.68 bits per heavy atom. The summed E-state index contributed by atoms with van der Waals surface area (Å²) >= 11 is 5.96. The van der Waals surface area contributed by atoms with Gasteiger partial charge in [-0.2, -0.15) is 0 Å². The monoisotopic (exact) mass is 346 g/mol. The normalized spacial score (nSPS) is 18.4. The molecule has 0 bridgehead atoms. The van der Waals surface area contributed by atoms with E-state index in [-0.39, 0.29) is 12.8 Å². The van der Waals surface area contributed by atoms with E-state index in [9.17, 15) is 18.0 Å². The topological polar surface area (TPSA) is 92.8 Å². The minimum absolute atomic E-state index is 0.0223. The quantitative estimate of drug-likeness (QED) is 0.885. The van der Waals surface area contributed by atoms with Gasteiger partial charge in [-0.25, -0.2) is 12.7 Å². The summed E-state index contributed by atoms with van der Waals surface area (Å²) in [6.45, 7) is 0. The summed E-state index contributed by atoms with van der Waals surface area (Å²) in [5.41, 5.74) is 0.392. The highest BCUT2D eigenvalue weighted by Gasteiger charge is 2.41. The smallest absolute Gasteiger partial charge is 0.248 e. The molecule has 0 saturated carbocycles. The molecule has 7 nitrogen and oxygen atoms in total. The number of methoxy groups -OCH3 is 1. The summed E-state index contributed by atoms with van der Waals surface area (Å²) < 4.78 is 28.9. The van der Waals surface area contributed by atoms with Crippen molar-refractivity contribution in [2.75, 3.05) is 18.7 Å². The van der Waals surface area contributed by atoms with Crippen LogP contribution in [0.1, 0.15) is 12.8 Å². The standard InChI is InChI=1S/C13H15ClN2O5S/c1-21-11-5-3-8(7-9(11)14)15-13(18)10-4-6-12(17)16(10)22(2,19)20/h3,5,7,10H,4,6H2,1-2H3,(H,15,18). The number of benzene rings is 1. The van der Waals surface area contributed by atoms with Crippen molar-refractivity contribution in [3.05, 3.63) is 23.2 Å². The molecular formula is C13H15ClN2O5S. The van der Waals surface area contributed by atoms with Crippen molar-refractivity contribution in [2.24, 2.45) is 0 Å². The van der Waals surface area contributed by atoms with Crippen LogP contribution in [-0.4, -0.2) is 43.9 Å². The van der Waals surface area contributed by atoms with E-state index < -0.39 is 27.9 Å². The fraction of sp³-hybridized carbons (Fsp3) is 0.385. The first-order valence-corrected chi connectivity index (χ1v) is 8.63. The van der Waals surface area contributed by atoms with Crippen LogP contribution in [0.4, 0.5) is 5.69 Å². The molecule has 1 aliphatic heterocycles. The molecule has 1 aromatic carbocycles. The van der Waals surface area contributed by atoms with Gasteiger partial charge in [0.15, 0.2) is 0 Å². The van der Waals surface area contributed by atoms with Crippen molar-refractivity contribution < 1.29 is 22.7 Å². The molecule has 0 radical (unpaired) electrons. The fourth-order valence-corrected chi connectivity index (χ4v) is 3.67. The number of anilines is 1. The second-order valence-electron chi connectivity index (χ2n) is 4.85. The van der Waals surface area contributed by atoms with Gasteiger partial charge in [-0.3, -0.25) is 9.59 Å². The predicted octanol–water partition coefficient (Wildman–Crippen LogP) is 1.24. The van der Waals surface area contributed by atoms with Gasteiger partial charge >= 0.3 is 0 Å². The second-order valence-corrected chi connectivity index (χ2v) is 7.11. The summed E-state index contributed by atoms with van der Waals surface area (Å²) in [4.78, 5) is 23.9. The molecule has 0 aromatic heterocycles. The van der Waals surface area contributed by atoms with E-state index in [1.807, 2.05) is 0 Å². The number of carbonyl (C=O) groups excluding carboxylic acids is 2. The molecule has 9 heteroatoms. The molecule has 0 aliphatic carbocycles. The van der Waals surface area contributed by atoms with Crippen molar-refractivity contribution in [2.45, 2.75) is 18.9 Å². The van der Waals surface area contributed by atoms with Gasteiger partial charge in [-0.05, 0) is 24.6 Å². The van der Waals surface area contributed by atoms with Gasteiger partial charge in [0.05, 0.1) is 18.4 Å². The van der Waals surface area contributed by atoms with Crippen LogP contribution >= 0.6 is 11.6 Å². The number of nitrogens with zero attached hydrogens (tertiary/aromatic N) is 1. The lowest BCUT2D eigenvalue weighted by molar-refractivity contribution is -0.128. The van der Waals surface area contributed by atoms with Crippen LogP contribution in [0, 0.1) is 0 Å². The van der Waals surface area contributed by atoms with Crippen LogP contribution in [0.25, 0.3) is 0 Å². The maximum atomic E-state index is 12.2. The molecule has 2 amide bonds. The lowest BCUT2D eigenvalue weighted by atomic mass is 10.2. The number of hydrogen-bond acceptors (Lipinski definition) is 5. The third-order valence-electron chi connectivity index (χ3n) is 3.24. The molecule has 22 heavy (non-hydrogen) atoms. The van der Waals surface area contributed by atoms with Crippen molar-refractivity contribution in [3.8, 4) is 5.75 Å². The summed E-state index contributed by atoms with van der Waals surface area (Å²) in [5, 5.41) is 2.87. The van der Waals surface area contributed by atoms with E-state index in [1.54, 1.807) is 12.1 Å². The summed E-state index contributed by atoms with van der Waals surface area (Å²) in [7, 11) is -2.31. The average Bonchev–Trinajstić information content (AvgIpc) is 2.81. The molecule has 1 saturated heterocycles. The second kappa shape index (κ2) is 6.13. The number of halogens is 1. The van der Waals surface area contributed by atoms with Gasteiger partial charge in [0, 0.05) is 12.1 Å². The number of ether oxygens (including phenoxy) is 1. The highest BCUT2D eigenvalue weighted by molar-refractivity contribution is 7.89. The number of nitrogens with one attached hydrogen (secondary N) is 1. The Labute approximate surface area is 133 Å². The van der Waals surface area contributed by atoms with Gasteiger partial charge in [-0.15, -0.1) is 0 Å². The summed E-state index contributed by atoms with van der Waals surface area (Å²) in [6, 6.07) is 3.60. The first-order chi connectivity index (χ1) is 10.2. The fourth-order valence-electron chi connectivity index (χ4n) is 2.28. The number of hydrogen-bond donors (Lipinski definition) is 1. The zero-order valence-corrected chi connectivity index (χ0v) is 13.6. The van der Waals surface area contributed by atoms with E-state index in [0.717, 1.165) is 6.26 Å². The third-order valence-corrected chi connectivity index (χ3v) is 4.71.